The van der Waals surface area contributed by atoms with Crippen LogP contribution in [0.5, 0.6) is 0 Å². The monoisotopic (exact) mass is 446 g/mol. The molecule has 0 spiro atoms. The van der Waals surface area contributed by atoms with E-state index in [9.17, 15) is 4.79 Å². The first-order valence-corrected chi connectivity index (χ1v) is 11.7. The van der Waals surface area contributed by atoms with Crippen molar-refractivity contribution in [3.63, 3.8) is 0 Å². The lowest BCUT2D eigenvalue weighted by molar-refractivity contribution is 0.556. The fourth-order valence-corrected chi connectivity index (χ4v) is 5.20. The Morgan fingerprint density at radius 3 is 2.26 bits per heavy atom. The zero-order chi connectivity index (χ0) is 23.2. The topological polar surface area (TPSA) is 36.7 Å². The van der Waals surface area contributed by atoms with E-state index in [-0.39, 0.29) is 5.63 Å². The van der Waals surface area contributed by atoms with Gasteiger partial charge in [-0.05, 0) is 71.1 Å². The Morgan fingerprint density at radius 1 is 0.765 bits per heavy atom. The minimum Gasteiger partial charge on any atom is -0.422 e. The van der Waals surface area contributed by atoms with Crippen molar-refractivity contribution >= 4 is 33.1 Å². The SMILES string of the molecule is Cc1cc(C)c2oc(=O)cc(CN3CN(Cc4ccc5ccccc5c4)c4ccccc43)c2c1. The van der Waals surface area contributed by atoms with E-state index in [1.165, 1.54) is 33.3 Å². The summed E-state index contributed by atoms with van der Waals surface area (Å²) in [5.41, 5.74) is 7.24. The van der Waals surface area contributed by atoms with Gasteiger partial charge in [-0.1, -0.05) is 54.6 Å². The average Bonchev–Trinajstić information content (AvgIpc) is 3.17. The van der Waals surface area contributed by atoms with E-state index in [2.05, 4.69) is 95.6 Å². The second-order valence-corrected chi connectivity index (χ2v) is 9.26. The summed E-state index contributed by atoms with van der Waals surface area (Å²) in [6.45, 7) is 6.32. The third kappa shape index (κ3) is 3.61. The van der Waals surface area contributed by atoms with Crippen LogP contribution in [0, 0.1) is 13.8 Å². The van der Waals surface area contributed by atoms with Crippen LogP contribution in [0.4, 0.5) is 11.4 Å². The van der Waals surface area contributed by atoms with Crippen LogP contribution in [0.2, 0.25) is 0 Å². The Hall–Kier alpha value is -4.05. The van der Waals surface area contributed by atoms with Crippen LogP contribution in [-0.4, -0.2) is 6.67 Å². The van der Waals surface area contributed by atoms with Crippen molar-refractivity contribution in [3.05, 3.63) is 118 Å². The lowest BCUT2D eigenvalue weighted by Gasteiger charge is -2.23. The van der Waals surface area contributed by atoms with Gasteiger partial charge in [0.15, 0.2) is 0 Å². The van der Waals surface area contributed by atoms with Crippen LogP contribution < -0.4 is 15.4 Å². The molecule has 0 aliphatic carbocycles. The van der Waals surface area contributed by atoms with Gasteiger partial charge in [0.05, 0.1) is 18.0 Å². The second-order valence-electron chi connectivity index (χ2n) is 9.26. The highest BCUT2D eigenvalue weighted by Crippen LogP contribution is 2.38. The van der Waals surface area contributed by atoms with Gasteiger partial charge in [-0.15, -0.1) is 0 Å². The molecule has 5 aromatic rings. The molecule has 0 N–H and O–H groups in total. The molecule has 168 valence electrons. The van der Waals surface area contributed by atoms with Crippen LogP contribution >= 0.6 is 0 Å². The first kappa shape index (κ1) is 20.5. The lowest BCUT2D eigenvalue weighted by atomic mass is 10.0. The molecule has 1 aliphatic rings. The Kier molecular flexibility index (Phi) is 4.88. The molecular weight excluding hydrogens is 420 g/mol. The molecule has 4 heteroatoms. The predicted molar refractivity (Wildman–Crippen MR) is 140 cm³/mol. The fraction of sp³-hybridized carbons (Fsp3) is 0.167. The molecule has 0 saturated heterocycles. The maximum Gasteiger partial charge on any atom is 0.336 e. The molecule has 0 amide bonds. The van der Waals surface area contributed by atoms with Crippen molar-refractivity contribution in [1.29, 1.82) is 0 Å². The van der Waals surface area contributed by atoms with Gasteiger partial charge in [0, 0.05) is 24.5 Å². The summed E-state index contributed by atoms with van der Waals surface area (Å²) >= 11 is 0. The quantitative estimate of drug-likeness (QED) is 0.294. The highest BCUT2D eigenvalue weighted by molar-refractivity contribution is 5.85. The van der Waals surface area contributed by atoms with E-state index >= 15 is 0 Å². The van der Waals surface area contributed by atoms with E-state index < -0.39 is 0 Å². The Balaban J connectivity index is 1.35. The van der Waals surface area contributed by atoms with E-state index in [1.54, 1.807) is 6.07 Å². The Bertz CT molecular complexity index is 1600. The van der Waals surface area contributed by atoms with Crippen LogP contribution in [0.25, 0.3) is 21.7 Å². The van der Waals surface area contributed by atoms with Crippen molar-refractivity contribution in [1.82, 2.24) is 0 Å². The molecule has 34 heavy (non-hydrogen) atoms. The smallest absolute Gasteiger partial charge is 0.336 e. The van der Waals surface area contributed by atoms with Gasteiger partial charge in [-0.25, -0.2) is 4.79 Å². The van der Waals surface area contributed by atoms with Gasteiger partial charge in [-0.2, -0.15) is 0 Å². The number of aryl methyl sites for hydroxylation is 2. The zero-order valence-corrected chi connectivity index (χ0v) is 19.4. The maximum atomic E-state index is 12.4. The van der Waals surface area contributed by atoms with Crippen LogP contribution in [0.15, 0.2) is 94.1 Å². The molecule has 0 saturated carbocycles. The summed E-state index contributed by atoms with van der Waals surface area (Å²) < 4.78 is 5.57. The van der Waals surface area contributed by atoms with Crippen molar-refractivity contribution < 1.29 is 4.42 Å². The molecule has 0 fully saturated rings. The predicted octanol–water partition coefficient (Wildman–Crippen LogP) is 6.55. The fourth-order valence-electron chi connectivity index (χ4n) is 5.20. The Labute approximate surface area is 198 Å². The minimum atomic E-state index is -0.296. The number of anilines is 2. The van der Waals surface area contributed by atoms with Crippen molar-refractivity contribution in [2.45, 2.75) is 26.9 Å². The van der Waals surface area contributed by atoms with Gasteiger partial charge in [0.2, 0.25) is 0 Å². The zero-order valence-electron chi connectivity index (χ0n) is 19.4. The molecule has 0 bridgehead atoms. The highest BCUT2D eigenvalue weighted by atomic mass is 16.4. The second kappa shape index (κ2) is 8.07. The third-order valence-corrected chi connectivity index (χ3v) is 6.71. The molecular formula is C30H26N2O2. The van der Waals surface area contributed by atoms with Crippen molar-refractivity contribution in [3.8, 4) is 0 Å². The van der Waals surface area contributed by atoms with Crippen molar-refractivity contribution in [2.24, 2.45) is 0 Å². The average molecular weight is 447 g/mol. The maximum absolute atomic E-state index is 12.4. The molecule has 0 atom stereocenters. The summed E-state index contributed by atoms with van der Waals surface area (Å²) in [5.74, 6) is 0. The summed E-state index contributed by atoms with van der Waals surface area (Å²) in [7, 11) is 0. The number of para-hydroxylation sites is 2. The van der Waals surface area contributed by atoms with Gasteiger partial charge >= 0.3 is 5.63 Å². The van der Waals surface area contributed by atoms with Gasteiger partial charge in [0.1, 0.15) is 5.58 Å². The molecule has 6 rings (SSSR count). The van der Waals surface area contributed by atoms with Gasteiger partial charge < -0.3 is 14.2 Å². The summed E-state index contributed by atoms with van der Waals surface area (Å²) in [4.78, 5) is 17.1. The van der Waals surface area contributed by atoms with E-state index in [0.29, 0.717) is 12.1 Å². The summed E-state index contributed by atoms with van der Waals surface area (Å²) in [6.07, 6.45) is 0. The van der Waals surface area contributed by atoms with Crippen LogP contribution in [-0.2, 0) is 13.1 Å². The number of hydrogen-bond donors (Lipinski definition) is 0. The normalized spacial score (nSPS) is 13.1. The standard InChI is InChI=1S/C30H26N2O2/c1-20-13-21(2)30-26(14-20)25(16-29(33)34-30)18-32-19-31(27-9-5-6-10-28(27)32)17-22-11-12-23-7-3-4-8-24(23)15-22/h3-16H,17-19H2,1-2H3. The van der Waals surface area contributed by atoms with Gasteiger partial charge in [-0.3, -0.25) is 0 Å². The summed E-state index contributed by atoms with van der Waals surface area (Å²) in [5, 5.41) is 3.54. The van der Waals surface area contributed by atoms with Crippen molar-refractivity contribution in [2.75, 3.05) is 16.5 Å². The molecule has 4 nitrogen and oxygen atoms in total. The first-order valence-electron chi connectivity index (χ1n) is 11.7. The highest BCUT2D eigenvalue weighted by Gasteiger charge is 2.26. The Morgan fingerprint density at radius 2 is 1.47 bits per heavy atom. The first-order chi connectivity index (χ1) is 16.5. The molecule has 1 aromatic heterocycles. The molecule has 1 aliphatic heterocycles. The molecule has 0 radical (unpaired) electrons. The molecule has 4 aromatic carbocycles. The van der Waals surface area contributed by atoms with Crippen LogP contribution in [0.1, 0.15) is 22.3 Å². The summed E-state index contributed by atoms with van der Waals surface area (Å²) in [6, 6.07) is 29.5. The van der Waals surface area contributed by atoms with E-state index in [1.807, 2.05) is 6.92 Å². The minimum absolute atomic E-state index is 0.296. The van der Waals surface area contributed by atoms with E-state index in [4.69, 9.17) is 4.42 Å². The number of benzene rings is 4. The molecule has 2 heterocycles. The van der Waals surface area contributed by atoms with Gasteiger partial charge in [0.25, 0.3) is 0 Å². The number of nitrogens with zero attached hydrogens (tertiary/aromatic N) is 2. The van der Waals surface area contributed by atoms with Crippen LogP contribution in [0.3, 0.4) is 0 Å². The third-order valence-electron chi connectivity index (χ3n) is 6.71. The van der Waals surface area contributed by atoms with E-state index in [0.717, 1.165) is 29.7 Å². The number of hydrogen-bond acceptors (Lipinski definition) is 4. The number of fused-ring (bicyclic) bond motifs is 3. The number of rotatable bonds is 4. The largest absolute Gasteiger partial charge is 0.422 e. The molecule has 0 unspecified atom stereocenters. The lowest BCUT2D eigenvalue weighted by Crippen LogP contribution is -2.30.